The zero-order valence-corrected chi connectivity index (χ0v) is 5.91. The summed E-state index contributed by atoms with van der Waals surface area (Å²) in [6, 6.07) is 0. The molecule has 0 heterocycles. The molecule has 1 aliphatic carbocycles. The van der Waals surface area contributed by atoms with Crippen molar-refractivity contribution in [1.82, 2.24) is 0 Å². The normalized spacial score (nSPS) is 21.9. The van der Waals surface area contributed by atoms with E-state index in [-0.39, 0.29) is 0 Å². The first-order chi connectivity index (χ1) is 4.20. The van der Waals surface area contributed by atoms with E-state index in [9.17, 15) is 0 Å². The molecular formula is C9H12. The van der Waals surface area contributed by atoms with Crippen molar-refractivity contribution in [2.45, 2.75) is 19.8 Å². The largest absolute Gasteiger partial charge is 0.0961 e. The summed E-state index contributed by atoms with van der Waals surface area (Å²) in [4.78, 5) is 0. The first-order valence-corrected chi connectivity index (χ1v) is 3.24. The van der Waals surface area contributed by atoms with Crippen molar-refractivity contribution in [2.75, 3.05) is 0 Å². The van der Waals surface area contributed by atoms with Crippen LogP contribution in [0.25, 0.3) is 0 Å². The minimum atomic E-state index is 1.13. The zero-order chi connectivity index (χ0) is 6.85. The summed E-state index contributed by atoms with van der Waals surface area (Å²) in [5, 5.41) is 0. The van der Waals surface area contributed by atoms with Crippen LogP contribution in [0.3, 0.4) is 0 Å². The second kappa shape index (κ2) is 2.22. The monoisotopic (exact) mass is 120 g/mol. The molecule has 0 nitrogen and oxygen atoms in total. The molecular weight excluding hydrogens is 108 g/mol. The molecule has 0 heteroatoms. The molecule has 0 aliphatic heterocycles. The van der Waals surface area contributed by atoms with Gasteiger partial charge in [0.05, 0.1) is 0 Å². The predicted molar refractivity (Wildman–Crippen MR) is 41.3 cm³/mol. The van der Waals surface area contributed by atoms with Crippen LogP contribution in [0.1, 0.15) is 19.8 Å². The molecule has 1 fully saturated rings. The van der Waals surface area contributed by atoms with E-state index in [1.165, 1.54) is 24.0 Å². The lowest BCUT2D eigenvalue weighted by molar-refractivity contribution is 0.827. The second-order valence-electron chi connectivity index (χ2n) is 2.62. The molecule has 0 saturated heterocycles. The molecule has 0 amide bonds. The van der Waals surface area contributed by atoms with Crippen LogP contribution >= 0.6 is 0 Å². The molecule has 0 spiro atoms. The summed E-state index contributed by atoms with van der Waals surface area (Å²) in [6.45, 7) is 9.69. The standard InChI is InChI=1S/C9H12/c1-7(2)6-9-5-4-8(9)3/h6H,1,3-5H2,2H3/b9-6-. The van der Waals surface area contributed by atoms with Crippen molar-refractivity contribution < 1.29 is 0 Å². The summed E-state index contributed by atoms with van der Waals surface area (Å²) in [5.74, 6) is 0. The fourth-order valence-corrected chi connectivity index (χ4v) is 0.918. The van der Waals surface area contributed by atoms with Gasteiger partial charge in [-0.15, -0.1) is 0 Å². The van der Waals surface area contributed by atoms with E-state index < -0.39 is 0 Å². The van der Waals surface area contributed by atoms with Gasteiger partial charge in [0.2, 0.25) is 0 Å². The SMILES string of the molecule is C=C(C)/C=C1/CCC1=C. The van der Waals surface area contributed by atoms with Gasteiger partial charge in [0, 0.05) is 0 Å². The summed E-state index contributed by atoms with van der Waals surface area (Å²) < 4.78 is 0. The Morgan fingerprint density at radius 2 is 2.22 bits per heavy atom. The topological polar surface area (TPSA) is 0 Å². The van der Waals surface area contributed by atoms with Gasteiger partial charge >= 0.3 is 0 Å². The maximum absolute atomic E-state index is 3.89. The molecule has 0 aromatic rings. The van der Waals surface area contributed by atoms with Crippen LogP contribution in [0.5, 0.6) is 0 Å². The van der Waals surface area contributed by atoms with Crippen LogP contribution in [0, 0.1) is 0 Å². The average molecular weight is 120 g/mol. The van der Waals surface area contributed by atoms with Gasteiger partial charge in [0.1, 0.15) is 0 Å². The third-order valence-electron chi connectivity index (χ3n) is 1.57. The smallest absolute Gasteiger partial charge is 0.0236 e. The lowest BCUT2D eigenvalue weighted by atomic mass is 9.86. The van der Waals surface area contributed by atoms with Gasteiger partial charge in [-0.2, -0.15) is 0 Å². The van der Waals surface area contributed by atoms with Crippen LogP contribution in [0.15, 0.2) is 36.0 Å². The van der Waals surface area contributed by atoms with Gasteiger partial charge in [0.15, 0.2) is 0 Å². The first-order valence-electron chi connectivity index (χ1n) is 3.24. The summed E-state index contributed by atoms with van der Waals surface area (Å²) in [7, 11) is 0. The molecule has 0 aromatic heterocycles. The van der Waals surface area contributed by atoms with Crippen LogP contribution in [0.4, 0.5) is 0 Å². The van der Waals surface area contributed by atoms with Gasteiger partial charge in [0.25, 0.3) is 0 Å². The van der Waals surface area contributed by atoms with Crippen molar-refractivity contribution in [3.63, 3.8) is 0 Å². The molecule has 1 aliphatic rings. The van der Waals surface area contributed by atoms with Gasteiger partial charge in [-0.3, -0.25) is 0 Å². The molecule has 0 radical (unpaired) electrons. The molecule has 0 aromatic carbocycles. The van der Waals surface area contributed by atoms with Crippen LogP contribution in [-0.4, -0.2) is 0 Å². The van der Waals surface area contributed by atoms with E-state index in [4.69, 9.17) is 0 Å². The zero-order valence-electron chi connectivity index (χ0n) is 5.91. The van der Waals surface area contributed by atoms with E-state index in [2.05, 4.69) is 19.2 Å². The lowest BCUT2D eigenvalue weighted by Crippen LogP contribution is -2.00. The van der Waals surface area contributed by atoms with Gasteiger partial charge in [-0.05, 0) is 25.3 Å². The minimum absolute atomic E-state index is 1.13. The maximum atomic E-state index is 3.89. The van der Waals surface area contributed by atoms with Gasteiger partial charge in [-0.1, -0.05) is 30.4 Å². The summed E-state index contributed by atoms with van der Waals surface area (Å²) >= 11 is 0. The molecule has 48 valence electrons. The second-order valence-corrected chi connectivity index (χ2v) is 2.62. The summed E-state index contributed by atoms with van der Waals surface area (Å²) in [5.41, 5.74) is 3.81. The molecule has 0 bridgehead atoms. The van der Waals surface area contributed by atoms with E-state index in [1.807, 2.05) is 6.92 Å². The molecule has 0 unspecified atom stereocenters. The first kappa shape index (κ1) is 6.34. The molecule has 0 N–H and O–H groups in total. The van der Waals surface area contributed by atoms with Crippen molar-refractivity contribution in [3.8, 4) is 0 Å². The Morgan fingerprint density at radius 1 is 1.56 bits per heavy atom. The third kappa shape index (κ3) is 1.32. The Morgan fingerprint density at radius 3 is 2.33 bits per heavy atom. The van der Waals surface area contributed by atoms with Gasteiger partial charge < -0.3 is 0 Å². The number of allylic oxidation sites excluding steroid dienone is 4. The van der Waals surface area contributed by atoms with Crippen molar-refractivity contribution >= 4 is 0 Å². The van der Waals surface area contributed by atoms with E-state index in [0.29, 0.717) is 0 Å². The highest BCUT2D eigenvalue weighted by Crippen LogP contribution is 2.31. The van der Waals surface area contributed by atoms with Crippen molar-refractivity contribution in [1.29, 1.82) is 0 Å². The van der Waals surface area contributed by atoms with Crippen molar-refractivity contribution in [2.24, 2.45) is 0 Å². The highest BCUT2D eigenvalue weighted by Gasteiger charge is 2.12. The summed E-state index contributed by atoms with van der Waals surface area (Å²) in [6.07, 6.45) is 4.50. The molecule has 0 atom stereocenters. The number of hydrogen-bond acceptors (Lipinski definition) is 0. The third-order valence-corrected chi connectivity index (χ3v) is 1.57. The Balaban J connectivity index is 2.62. The maximum Gasteiger partial charge on any atom is -0.0236 e. The van der Waals surface area contributed by atoms with Crippen LogP contribution in [-0.2, 0) is 0 Å². The highest BCUT2D eigenvalue weighted by atomic mass is 14.2. The van der Waals surface area contributed by atoms with E-state index in [1.54, 1.807) is 0 Å². The van der Waals surface area contributed by atoms with E-state index >= 15 is 0 Å². The molecule has 9 heavy (non-hydrogen) atoms. The Kier molecular flexibility index (Phi) is 1.56. The number of hydrogen-bond donors (Lipinski definition) is 0. The van der Waals surface area contributed by atoms with Gasteiger partial charge in [-0.25, -0.2) is 0 Å². The fourth-order valence-electron chi connectivity index (χ4n) is 0.918. The Hall–Kier alpha value is -0.780. The quantitative estimate of drug-likeness (QED) is 0.499. The fraction of sp³-hybridized carbons (Fsp3) is 0.333. The Labute approximate surface area is 56.6 Å². The minimum Gasteiger partial charge on any atom is -0.0961 e. The highest BCUT2D eigenvalue weighted by molar-refractivity contribution is 5.41. The predicted octanol–water partition coefficient (Wildman–Crippen LogP) is 2.84. The van der Waals surface area contributed by atoms with E-state index in [0.717, 1.165) is 5.57 Å². The molecule has 1 rings (SSSR count). The van der Waals surface area contributed by atoms with Crippen LogP contribution in [0.2, 0.25) is 0 Å². The molecule has 1 saturated carbocycles. The average Bonchev–Trinajstić information content (AvgIpc) is 1.79. The van der Waals surface area contributed by atoms with Crippen molar-refractivity contribution in [3.05, 3.63) is 36.0 Å². The Bertz CT molecular complexity index is 182. The van der Waals surface area contributed by atoms with Crippen LogP contribution < -0.4 is 0 Å². The number of rotatable bonds is 1. The lowest BCUT2D eigenvalue weighted by Gasteiger charge is -2.19.